The SMILES string of the molecule is NCCCN(C(=O)c1cc(F)ccc1F)C1CC1. The zero-order valence-corrected chi connectivity index (χ0v) is 10.0. The van der Waals surface area contributed by atoms with E-state index in [4.69, 9.17) is 5.73 Å². The van der Waals surface area contributed by atoms with Gasteiger partial charge in [0.15, 0.2) is 0 Å². The summed E-state index contributed by atoms with van der Waals surface area (Å²) >= 11 is 0. The number of amides is 1. The molecule has 3 nitrogen and oxygen atoms in total. The molecule has 0 aromatic heterocycles. The van der Waals surface area contributed by atoms with E-state index < -0.39 is 17.5 Å². The van der Waals surface area contributed by atoms with E-state index in [-0.39, 0.29) is 11.6 Å². The van der Waals surface area contributed by atoms with Gasteiger partial charge in [-0.3, -0.25) is 4.79 Å². The maximum Gasteiger partial charge on any atom is 0.257 e. The lowest BCUT2D eigenvalue weighted by molar-refractivity contribution is 0.0737. The minimum atomic E-state index is -0.681. The Morgan fingerprint density at radius 3 is 2.72 bits per heavy atom. The van der Waals surface area contributed by atoms with Crippen LogP contribution in [-0.2, 0) is 0 Å². The predicted octanol–water partition coefficient (Wildman–Crippen LogP) is 1.92. The van der Waals surface area contributed by atoms with Gasteiger partial charge in [-0.15, -0.1) is 0 Å². The van der Waals surface area contributed by atoms with Gasteiger partial charge >= 0.3 is 0 Å². The van der Waals surface area contributed by atoms with Gasteiger partial charge in [-0.05, 0) is 44.0 Å². The van der Waals surface area contributed by atoms with E-state index in [2.05, 4.69) is 0 Å². The normalized spacial score (nSPS) is 14.6. The Hall–Kier alpha value is -1.49. The van der Waals surface area contributed by atoms with Crippen LogP contribution in [0.3, 0.4) is 0 Å². The third kappa shape index (κ3) is 2.85. The van der Waals surface area contributed by atoms with E-state index >= 15 is 0 Å². The van der Waals surface area contributed by atoms with E-state index in [0.29, 0.717) is 19.5 Å². The van der Waals surface area contributed by atoms with Crippen LogP contribution in [0.15, 0.2) is 18.2 Å². The van der Waals surface area contributed by atoms with Crippen LogP contribution in [0.5, 0.6) is 0 Å². The molecule has 2 rings (SSSR count). The van der Waals surface area contributed by atoms with Gasteiger partial charge < -0.3 is 10.6 Å². The van der Waals surface area contributed by atoms with Gasteiger partial charge in [0.2, 0.25) is 0 Å². The molecule has 1 aromatic rings. The summed E-state index contributed by atoms with van der Waals surface area (Å²) in [4.78, 5) is 13.8. The third-order valence-electron chi connectivity index (χ3n) is 3.01. The molecule has 0 spiro atoms. The molecule has 0 heterocycles. The molecule has 2 N–H and O–H groups in total. The highest BCUT2D eigenvalue weighted by Gasteiger charge is 2.33. The molecule has 0 saturated heterocycles. The van der Waals surface area contributed by atoms with Crippen molar-refractivity contribution < 1.29 is 13.6 Å². The van der Waals surface area contributed by atoms with Crippen molar-refractivity contribution in [3.8, 4) is 0 Å². The maximum atomic E-state index is 13.5. The first-order valence-electron chi connectivity index (χ1n) is 6.09. The highest BCUT2D eigenvalue weighted by Crippen LogP contribution is 2.29. The number of hydrogen-bond acceptors (Lipinski definition) is 2. The monoisotopic (exact) mass is 254 g/mol. The summed E-state index contributed by atoms with van der Waals surface area (Å²) in [6, 6.07) is 3.10. The van der Waals surface area contributed by atoms with Crippen LogP contribution in [0.25, 0.3) is 0 Å². The van der Waals surface area contributed by atoms with Crippen molar-refractivity contribution in [3.05, 3.63) is 35.4 Å². The summed E-state index contributed by atoms with van der Waals surface area (Å²) in [5, 5.41) is 0. The molecule has 1 fully saturated rings. The fraction of sp³-hybridized carbons (Fsp3) is 0.462. The van der Waals surface area contributed by atoms with Crippen LogP contribution in [0.1, 0.15) is 29.6 Å². The van der Waals surface area contributed by atoms with Gasteiger partial charge in [-0.1, -0.05) is 0 Å². The van der Waals surface area contributed by atoms with Gasteiger partial charge in [-0.25, -0.2) is 8.78 Å². The molecule has 1 saturated carbocycles. The second kappa shape index (κ2) is 5.44. The zero-order valence-electron chi connectivity index (χ0n) is 10.0. The van der Waals surface area contributed by atoms with E-state index in [1.165, 1.54) is 0 Å². The minimum absolute atomic E-state index is 0.159. The Labute approximate surface area is 105 Å². The lowest BCUT2D eigenvalue weighted by Gasteiger charge is -2.22. The zero-order chi connectivity index (χ0) is 13.1. The quantitative estimate of drug-likeness (QED) is 0.872. The average molecular weight is 254 g/mol. The molecule has 1 aliphatic carbocycles. The number of hydrogen-bond donors (Lipinski definition) is 1. The third-order valence-corrected chi connectivity index (χ3v) is 3.01. The predicted molar refractivity (Wildman–Crippen MR) is 64.1 cm³/mol. The standard InChI is InChI=1S/C13H16F2N2O/c14-9-2-5-12(15)11(8-9)13(18)17(7-1-6-16)10-3-4-10/h2,5,8,10H,1,3-4,6-7,16H2. The van der Waals surface area contributed by atoms with Crippen molar-refractivity contribution in [2.24, 2.45) is 5.73 Å². The summed E-state index contributed by atoms with van der Waals surface area (Å²) < 4.78 is 26.6. The van der Waals surface area contributed by atoms with Crippen LogP contribution in [-0.4, -0.2) is 29.9 Å². The first kappa shape index (κ1) is 13.0. The van der Waals surface area contributed by atoms with Crippen LogP contribution in [0.4, 0.5) is 8.78 Å². The Morgan fingerprint density at radius 2 is 2.11 bits per heavy atom. The number of nitrogens with zero attached hydrogens (tertiary/aromatic N) is 1. The largest absolute Gasteiger partial charge is 0.336 e. The van der Waals surface area contributed by atoms with Gasteiger partial charge in [0.1, 0.15) is 11.6 Å². The summed E-state index contributed by atoms with van der Waals surface area (Å²) in [6.07, 6.45) is 2.51. The van der Waals surface area contributed by atoms with Crippen molar-refractivity contribution in [1.29, 1.82) is 0 Å². The van der Waals surface area contributed by atoms with E-state index in [1.54, 1.807) is 4.90 Å². The molecule has 18 heavy (non-hydrogen) atoms. The van der Waals surface area contributed by atoms with Crippen LogP contribution in [0, 0.1) is 11.6 Å². The number of benzene rings is 1. The van der Waals surface area contributed by atoms with Crippen LogP contribution < -0.4 is 5.73 Å². The number of rotatable bonds is 5. The molecule has 0 aliphatic heterocycles. The smallest absolute Gasteiger partial charge is 0.257 e. The Kier molecular flexibility index (Phi) is 3.91. The molecule has 0 unspecified atom stereocenters. The Balaban J connectivity index is 2.19. The second-order valence-electron chi connectivity index (χ2n) is 4.50. The fourth-order valence-corrected chi connectivity index (χ4v) is 1.91. The van der Waals surface area contributed by atoms with Crippen molar-refractivity contribution in [2.75, 3.05) is 13.1 Å². The summed E-state index contributed by atoms with van der Waals surface area (Å²) in [5.41, 5.74) is 5.22. The van der Waals surface area contributed by atoms with Crippen molar-refractivity contribution in [2.45, 2.75) is 25.3 Å². The molecule has 1 amide bonds. The summed E-state index contributed by atoms with van der Waals surface area (Å²) in [5.74, 6) is -1.72. The van der Waals surface area contributed by atoms with Gasteiger partial charge in [0, 0.05) is 12.6 Å². The fourth-order valence-electron chi connectivity index (χ4n) is 1.91. The molecule has 0 atom stereocenters. The topological polar surface area (TPSA) is 46.3 Å². The van der Waals surface area contributed by atoms with E-state index in [1.807, 2.05) is 0 Å². The van der Waals surface area contributed by atoms with Crippen molar-refractivity contribution in [3.63, 3.8) is 0 Å². The molecular weight excluding hydrogens is 238 g/mol. The highest BCUT2D eigenvalue weighted by molar-refractivity contribution is 5.94. The second-order valence-corrected chi connectivity index (χ2v) is 4.50. The molecule has 0 radical (unpaired) electrons. The maximum absolute atomic E-state index is 13.5. The van der Waals surface area contributed by atoms with Crippen LogP contribution in [0.2, 0.25) is 0 Å². The summed E-state index contributed by atoms with van der Waals surface area (Å²) in [7, 11) is 0. The van der Waals surface area contributed by atoms with E-state index in [9.17, 15) is 13.6 Å². The Morgan fingerprint density at radius 1 is 1.39 bits per heavy atom. The average Bonchev–Trinajstić information content (AvgIpc) is 3.17. The Bertz CT molecular complexity index is 447. The molecular formula is C13H16F2N2O. The molecule has 1 aliphatic rings. The van der Waals surface area contributed by atoms with E-state index in [0.717, 1.165) is 31.0 Å². The van der Waals surface area contributed by atoms with Crippen molar-refractivity contribution >= 4 is 5.91 Å². The van der Waals surface area contributed by atoms with Crippen molar-refractivity contribution in [1.82, 2.24) is 4.90 Å². The molecule has 5 heteroatoms. The number of carbonyl (C=O) groups excluding carboxylic acids is 1. The highest BCUT2D eigenvalue weighted by atomic mass is 19.1. The molecule has 98 valence electrons. The van der Waals surface area contributed by atoms with Gasteiger partial charge in [-0.2, -0.15) is 0 Å². The molecule has 1 aromatic carbocycles. The lowest BCUT2D eigenvalue weighted by Crippen LogP contribution is -2.35. The minimum Gasteiger partial charge on any atom is -0.336 e. The first-order valence-corrected chi connectivity index (χ1v) is 6.09. The van der Waals surface area contributed by atoms with Crippen LogP contribution >= 0.6 is 0 Å². The lowest BCUT2D eigenvalue weighted by atomic mass is 10.1. The number of halogens is 2. The molecule has 0 bridgehead atoms. The first-order chi connectivity index (χ1) is 8.63. The summed E-state index contributed by atoms with van der Waals surface area (Å²) in [6.45, 7) is 0.970. The number of carbonyl (C=O) groups is 1. The number of nitrogens with two attached hydrogens (primary N) is 1. The van der Waals surface area contributed by atoms with Gasteiger partial charge in [0.25, 0.3) is 5.91 Å². The van der Waals surface area contributed by atoms with Gasteiger partial charge in [0.05, 0.1) is 5.56 Å².